The number of benzene rings is 1. The lowest BCUT2D eigenvalue weighted by molar-refractivity contribution is 0.196. The van der Waals surface area contributed by atoms with E-state index in [1.165, 1.54) is 4.90 Å². The molecule has 2 heterocycles. The molecule has 1 fully saturated rings. The maximum Gasteiger partial charge on any atom is 0.412 e. The van der Waals surface area contributed by atoms with Crippen molar-refractivity contribution >= 4 is 17.6 Å². The second-order valence-electron chi connectivity index (χ2n) is 7.80. The summed E-state index contributed by atoms with van der Waals surface area (Å²) in [4.78, 5) is 17.8. The van der Waals surface area contributed by atoms with Crippen LogP contribution in [-0.2, 0) is 7.05 Å². The van der Waals surface area contributed by atoms with Gasteiger partial charge in [0, 0.05) is 42.8 Å². The summed E-state index contributed by atoms with van der Waals surface area (Å²) in [5.41, 5.74) is 3.22. The summed E-state index contributed by atoms with van der Waals surface area (Å²) in [5.74, 6) is 0.739. The van der Waals surface area contributed by atoms with Gasteiger partial charge in [0.25, 0.3) is 0 Å². The van der Waals surface area contributed by atoms with E-state index in [0.717, 1.165) is 42.6 Å². The molecule has 0 unspecified atom stereocenters. The first kappa shape index (κ1) is 20.4. The maximum atomic E-state index is 12.1. The predicted molar refractivity (Wildman–Crippen MR) is 118 cm³/mol. The third kappa shape index (κ3) is 4.67. The minimum absolute atomic E-state index is 0.0614. The van der Waals surface area contributed by atoms with Crippen LogP contribution in [-0.4, -0.2) is 38.0 Å². The highest BCUT2D eigenvalue weighted by Gasteiger charge is 2.30. The molecule has 1 amide bonds. The molecule has 0 bridgehead atoms. The third-order valence-corrected chi connectivity index (χ3v) is 5.70. The molecule has 1 aliphatic rings. The van der Waals surface area contributed by atoms with Crippen LogP contribution in [0.5, 0.6) is 0 Å². The predicted octanol–water partition coefficient (Wildman–Crippen LogP) is 4.26. The summed E-state index contributed by atoms with van der Waals surface area (Å²) >= 11 is 0. The summed E-state index contributed by atoms with van der Waals surface area (Å²) in [5, 5.41) is 26.3. The van der Waals surface area contributed by atoms with Crippen molar-refractivity contribution in [3.05, 3.63) is 60.6 Å². The highest BCUT2D eigenvalue weighted by Crippen LogP contribution is 2.30. The van der Waals surface area contributed by atoms with E-state index < -0.39 is 6.09 Å². The van der Waals surface area contributed by atoms with Gasteiger partial charge < -0.3 is 10.4 Å². The Morgan fingerprint density at radius 1 is 1.13 bits per heavy atom. The number of aromatic nitrogens is 3. The molecule has 1 aliphatic carbocycles. The van der Waals surface area contributed by atoms with Crippen molar-refractivity contribution in [1.29, 1.82) is 5.26 Å². The molecular weight excluding hydrogens is 392 g/mol. The van der Waals surface area contributed by atoms with Crippen LogP contribution in [0.4, 0.5) is 16.3 Å². The molecule has 8 nitrogen and oxygen atoms in total. The first-order chi connectivity index (χ1) is 15.0. The molecule has 31 heavy (non-hydrogen) atoms. The zero-order chi connectivity index (χ0) is 21.8. The first-order valence-corrected chi connectivity index (χ1v) is 10.3. The molecule has 4 rings (SSSR count). The number of nitrogens with zero attached hydrogens (tertiary/aromatic N) is 5. The summed E-state index contributed by atoms with van der Waals surface area (Å²) in [7, 11) is 1.87. The monoisotopic (exact) mass is 416 g/mol. The Kier molecular flexibility index (Phi) is 5.85. The highest BCUT2D eigenvalue weighted by atomic mass is 16.4. The van der Waals surface area contributed by atoms with Crippen molar-refractivity contribution < 1.29 is 9.90 Å². The zero-order valence-corrected chi connectivity index (χ0v) is 17.3. The van der Waals surface area contributed by atoms with Gasteiger partial charge in [0.2, 0.25) is 0 Å². The number of hydrogen-bond acceptors (Lipinski definition) is 5. The van der Waals surface area contributed by atoms with Gasteiger partial charge in [0.1, 0.15) is 11.9 Å². The van der Waals surface area contributed by atoms with Gasteiger partial charge in [-0.1, -0.05) is 12.1 Å². The molecule has 3 aromatic rings. The van der Waals surface area contributed by atoms with Crippen LogP contribution in [0.3, 0.4) is 0 Å². The molecule has 2 N–H and O–H groups in total. The quantitative estimate of drug-likeness (QED) is 0.643. The fourth-order valence-corrected chi connectivity index (χ4v) is 4.10. The Morgan fingerprint density at radius 2 is 1.87 bits per heavy atom. The Morgan fingerprint density at radius 3 is 2.42 bits per heavy atom. The number of anilines is 2. The SMILES string of the molecule is Cn1cc(-c2ccc(N(C(=O)O)[C@H]3CC[C@H](Nc4ccc(C#N)cn4)CC3)cc2)cn1. The molecule has 8 heteroatoms. The first-order valence-electron chi connectivity index (χ1n) is 10.3. The second kappa shape index (κ2) is 8.88. The van der Waals surface area contributed by atoms with Crippen molar-refractivity contribution in [2.75, 3.05) is 10.2 Å². The average molecular weight is 416 g/mol. The van der Waals surface area contributed by atoms with E-state index in [0.29, 0.717) is 11.3 Å². The molecule has 0 atom stereocenters. The number of pyridine rings is 1. The van der Waals surface area contributed by atoms with Gasteiger partial charge in [-0.15, -0.1) is 0 Å². The Balaban J connectivity index is 1.40. The smallest absolute Gasteiger partial charge is 0.412 e. The van der Waals surface area contributed by atoms with Gasteiger partial charge in [0.15, 0.2) is 0 Å². The fraction of sp³-hybridized carbons (Fsp3) is 0.304. The minimum Gasteiger partial charge on any atom is -0.465 e. The highest BCUT2D eigenvalue weighted by molar-refractivity contribution is 5.87. The number of rotatable bonds is 5. The van der Waals surface area contributed by atoms with Crippen LogP contribution < -0.4 is 10.2 Å². The largest absolute Gasteiger partial charge is 0.465 e. The van der Waals surface area contributed by atoms with Gasteiger partial charge in [-0.25, -0.2) is 9.78 Å². The van der Waals surface area contributed by atoms with Crippen LogP contribution >= 0.6 is 0 Å². The topological polar surface area (TPSA) is 107 Å². The molecule has 0 radical (unpaired) electrons. The third-order valence-electron chi connectivity index (χ3n) is 5.70. The number of carboxylic acid groups (broad SMARTS) is 1. The summed E-state index contributed by atoms with van der Waals surface area (Å²) in [6.07, 6.45) is 7.58. The molecule has 1 saturated carbocycles. The van der Waals surface area contributed by atoms with E-state index >= 15 is 0 Å². The van der Waals surface area contributed by atoms with Gasteiger partial charge in [0.05, 0.1) is 11.8 Å². The summed E-state index contributed by atoms with van der Waals surface area (Å²) < 4.78 is 1.74. The normalized spacial score (nSPS) is 18.2. The minimum atomic E-state index is -0.931. The van der Waals surface area contributed by atoms with E-state index in [4.69, 9.17) is 5.26 Å². The molecular formula is C23H24N6O2. The number of nitriles is 1. The van der Waals surface area contributed by atoms with E-state index in [1.807, 2.05) is 37.5 Å². The number of aryl methyl sites for hydroxylation is 1. The number of carbonyl (C=O) groups is 1. The second-order valence-corrected chi connectivity index (χ2v) is 7.80. The lowest BCUT2D eigenvalue weighted by atomic mass is 9.90. The summed E-state index contributed by atoms with van der Waals surface area (Å²) in [6, 6.07) is 13.4. The molecule has 158 valence electrons. The van der Waals surface area contributed by atoms with Crippen molar-refractivity contribution in [1.82, 2.24) is 14.8 Å². The van der Waals surface area contributed by atoms with E-state index in [2.05, 4.69) is 21.5 Å². The van der Waals surface area contributed by atoms with Gasteiger partial charge in [-0.3, -0.25) is 9.58 Å². The Bertz CT molecular complexity index is 1080. The Labute approximate surface area is 180 Å². The van der Waals surface area contributed by atoms with Crippen LogP contribution in [0.1, 0.15) is 31.2 Å². The van der Waals surface area contributed by atoms with Gasteiger partial charge >= 0.3 is 6.09 Å². The number of amides is 1. The van der Waals surface area contributed by atoms with Gasteiger partial charge in [-0.05, 0) is 55.5 Å². The van der Waals surface area contributed by atoms with Crippen molar-refractivity contribution in [2.45, 2.75) is 37.8 Å². The molecule has 1 aromatic carbocycles. The molecule has 2 aromatic heterocycles. The van der Waals surface area contributed by atoms with Gasteiger partial charge in [-0.2, -0.15) is 10.4 Å². The average Bonchev–Trinajstić information content (AvgIpc) is 3.22. The standard InChI is InChI=1S/C23H24N6O2/c1-28-15-18(14-26-28)17-3-7-20(8-4-17)29(23(30)31)21-9-5-19(6-10-21)27-22-11-2-16(12-24)13-25-22/h2-4,7-8,11,13-15,19,21H,5-6,9-10H2,1H3,(H,25,27)(H,30,31)/t19-,21-. The Hall–Kier alpha value is -3.86. The number of nitrogens with one attached hydrogen (secondary N) is 1. The zero-order valence-electron chi connectivity index (χ0n) is 17.3. The van der Waals surface area contributed by atoms with Crippen LogP contribution in [0, 0.1) is 11.3 Å². The maximum absolute atomic E-state index is 12.1. The van der Waals surface area contributed by atoms with E-state index in [1.54, 1.807) is 29.2 Å². The van der Waals surface area contributed by atoms with Crippen LogP contribution in [0.2, 0.25) is 0 Å². The fourth-order valence-electron chi connectivity index (χ4n) is 4.10. The molecule has 0 spiro atoms. The van der Waals surface area contributed by atoms with Crippen LogP contribution in [0.25, 0.3) is 11.1 Å². The lowest BCUT2D eigenvalue weighted by Gasteiger charge is -2.35. The van der Waals surface area contributed by atoms with Crippen molar-refractivity contribution in [3.8, 4) is 17.2 Å². The van der Waals surface area contributed by atoms with Crippen molar-refractivity contribution in [2.24, 2.45) is 7.05 Å². The number of hydrogen-bond donors (Lipinski definition) is 2. The molecule has 0 aliphatic heterocycles. The van der Waals surface area contributed by atoms with E-state index in [-0.39, 0.29) is 12.1 Å². The van der Waals surface area contributed by atoms with Crippen molar-refractivity contribution in [3.63, 3.8) is 0 Å². The molecule has 0 saturated heterocycles. The van der Waals surface area contributed by atoms with Crippen LogP contribution in [0.15, 0.2) is 55.0 Å². The van der Waals surface area contributed by atoms with E-state index in [9.17, 15) is 9.90 Å². The summed E-state index contributed by atoms with van der Waals surface area (Å²) in [6.45, 7) is 0. The lowest BCUT2D eigenvalue weighted by Crippen LogP contribution is -2.43.